The van der Waals surface area contributed by atoms with Crippen LogP contribution in [0.5, 0.6) is 0 Å². The Balaban J connectivity index is 2.89. The lowest BCUT2D eigenvalue weighted by Crippen LogP contribution is -2.31. The number of para-hydroxylation sites is 1. The Kier molecular flexibility index (Phi) is 5.41. The first-order valence-electron chi connectivity index (χ1n) is 6.04. The molecule has 0 aliphatic carbocycles. The molecule has 4 nitrogen and oxygen atoms in total. The summed E-state index contributed by atoms with van der Waals surface area (Å²) >= 11 is 0. The van der Waals surface area contributed by atoms with E-state index >= 15 is 0 Å². The molecule has 1 rings (SSSR count). The molecule has 0 heterocycles. The van der Waals surface area contributed by atoms with Crippen LogP contribution in [0, 0.1) is 0 Å². The summed E-state index contributed by atoms with van der Waals surface area (Å²) in [6.45, 7) is 2.95. The zero-order valence-electron chi connectivity index (χ0n) is 11.2. The van der Waals surface area contributed by atoms with Crippen LogP contribution < -0.4 is 10.0 Å². The Morgan fingerprint density at radius 1 is 1.20 bits per heavy atom. The van der Waals surface area contributed by atoms with E-state index in [2.05, 4.69) is 10.0 Å². The summed E-state index contributed by atoms with van der Waals surface area (Å²) in [5.41, 5.74) is 0.157. The number of rotatable bonds is 6. The average Bonchev–Trinajstić information content (AvgIpc) is 2.26. The van der Waals surface area contributed by atoms with Crippen molar-refractivity contribution in [1.82, 2.24) is 4.72 Å². The van der Waals surface area contributed by atoms with Gasteiger partial charge in [0.1, 0.15) is 4.90 Å². The molecule has 8 heteroatoms. The minimum absolute atomic E-state index is 0.0594. The van der Waals surface area contributed by atoms with Gasteiger partial charge in [0.15, 0.2) is 0 Å². The minimum Gasteiger partial charge on any atom is -0.384 e. The first kappa shape index (κ1) is 16.8. The molecule has 0 radical (unpaired) electrons. The fourth-order valence-corrected chi connectivity index (χ4v) is 2.99. The highest BCUT2D eigenvalue weighted by atomic mass is 32.2. The normalized spacial score (nSPS) is 12.7. The van der Waals surface area contributed by atoms with Gasteiger partial charge in [-0.05, 0) is 26.0 Å². The largest absolute Gasteiger partial charge is 0.390 e. The third kappa shape index (κ3) is 5.38. The van der Waals surface area contributed by atoms with E-state index in [1.807, 2.05) is 0 Å². The predicted octanol–water partition coefficient (Wildman–Crippen LogP) is 2.74. The number of alkyl halides is 3. The second kappa shape index (κ2) is 6.45. The van der Waals surface area contributed by atoms with E-state index in [1.165, 1.54) is 18.2 Å². The Hall–Kier alpha value is -1.28. The SMILES string of the molecule is CC(C)NS(=O)(=O)c1ccccc1NCCC(F)(F)F. The van der Waals surface area contributed by atoms with E-state index < -0.39 is 22.6 Å². The summed E-state index contributed by atoms with van der Waals surface area (Å²) in [7, 11) is -3.75. The van der Waals surface area contributed by atoms with Crippen molar-refractivity contribution in [1.29, 1.82) is 0 Å². The molecule has 0 aliphatic heterocycles. The van der Waals surface area contributed by atoms with E-state index in [0.29, 0.717) is 0 Å². The van der Waals surface area contributed by atoms with Crippen molar-refractivity contribution in [3.05, 3.63) is 24.3 Å². The molecule has 0 amide bonds. The number of nitrogens with one attached hydrogen (secondary N) is 2. The van der Waals surface area contributed by atoms with Crippen molar-refractivity contribution in [3.63, 3.8) is 0 Å². The minimum atomic E-state index is -4.28. The maximum atomic E-state index is 12.1. The molecule has 0 spiro atoms. The smallest absolute Gasteiger partial charge is 0.384 e. The van der Waals surface area contributed by atoms with Crippen LogP contribution in [0.3, 0.4) is 0 Å². The van der Waals surface area contributed by atoms with Gasteiger partial charge in [-0.3, -0.25) is 0 Å². The van der Waals surface area contributed by atoms with E-state index in [9.17, 15) is 21.6 Å². The zero-order chi connectivity index (χ0) is 15.4. The molecule has 1 aromatic carbocycles. The van der Waals surface area contributed by atoms with Crippen molar-refractivity contribution in [2.24, 2.45) is 0 Å². The molecule has 0 aliphatic rings. The highest BCUT2D eigenvalue weighted by Crippen LogP contribution is 2.23. The van der Waals surface area contributed by atoms with Gasteiger partial charge in [0.2, 0.25) is 10.0 Å². The van der Waals surface area contributed by atoms with Crippen molar-refractivity contribution < 1.29 is 21.6 Å². The number of benzene rings is 1. The summed E-state index contributed by atoms with van der Waals surface area (Å²) in [5.74, 6) is 0. The lowest BCUT2D eigenvalue weighted by molar-refractivity contribution is -0.131. The van der Waals surface area contributed by atoms with Crippen LogP contribution in [0.4, 0.5) is 18.9 Å². The van der Waals surface area contributed by atoms with Gasteiger partial charge < -0.3 is 5.32 Å². The summed E-state index contributed by atoms with van der Waals surface area (Å²) < 4.78 is 62.8. The van der Waals surface area contributed by atoms with E-state index in [-0.39, 0.29) is 23.2 Å². The van der Waals surface area contributed by atoms with E-state index in [0.717, 1.165) is 0 Å². The predicted molar refractivity (Wildman–Crippen MR) is 71.1 cm³/mol. The molecule has 0 unspecified atom stereocenters. The quantitative estimate of drug-likeness (QED) is 0.849. The molecule has 0 saturated carbocycles. The first-order valence-corrected chi connectivity index (χ1v) is 7.52. The zero-order valence-corrected chi connectivity index (χ0v) is 12.0. The Bertz CT molecular complexity index is 542. The standard InChI is InChI=1S/C12H17F3N2O2S/c1-9(2)17-20(18,19)11-6-4-3-5-10(11)16-8-7-12(13,14)15/h3-6,9,16-17H,7-8H2,1-2H3. The topological polar surface area (TPSA) is 58.2 Å². The van der Waals surface area contributed by atoms with Gasteiger partial charge in [-0.15, -0.1) is 0 Å². The van der Waals surface area contributed by atoms with Crippen LogP contribution in [0.25, 0.3) is 0 Å². The summed E-state index contributed by atoms with van der Waals surface area (Å²) in [6.07, 6.45) is -5.31. The Morgan fingerprint density at radius 2 is 1.80 bits per heavy atom. The maximum Gasteiger partial charge on any atom is 0.390 e. The molecule has 0 atom stereocenters. The summed E-state index contributed by atoms with van der Waals surface area (Å²) in [5, 5.41) is 2.51. The molecular weight excluding hydrogens is 293 g/mol. The molecule has 1 aromatic rings. The van der Waals surface area contributed by atoms with Gasteiger partial charge in [-0.25, -0.2) is 13.1 Å². The number of halogens is 3. The van der Waals surface area contributed by atoms with Crippen molar-refractivity contribution in [2.45, 2.75) is 37.4 Å². The van der Waals surface area contributed by atoms with Crippen LogP contribution in [0.2, 0.25) is 0 Å². The van der Waals surface area contributed by atoms with E-state index in [1.54, 1.807) is 19.9 Å². The Labute approximate surface area is 116 Å². The van der Waals surface area contributed by atoms with Gasteiger partial charge in [0.25, 0.3) is 0 Å². The third-order valence-electron chi connectivity index (χ3n) is 2.29. The fraction of sp³-hybridized carbons (Fsp3) is 0.500. The molecule has 0 aromatic heterocycles. The molecule has 0 saturated heterocycles. The number of hydrogen-bond acceptors (Lipinski definition) is 3. The molecule has 0 bridgehead atoms. The number of anilines is 1. The molecular formula is C12H17F3N2O2S. The van der Waals surface area contributed by atoms with Gasteiger partial charge in [0.05, 0.1) is 12.1 Å². The lowest BCUT2D eigenvalue weighted by atomic mass is 10.3. The van der Waals surface area contributed by atoms with E-state index in [4.69, 9.17) is 0 Å². The van der Waals surface area contributed by atoms with Crippen LogP contribution in [0.1, 0.15) is 20.3 Å². The average molecular weight is 310 g/mol. The van der Waals surface area contributed by atoms with Crippen molar-refractivity contribution in [3.8, 4) is 0 Å². The molecule has 20 heavy (non-hydrogen) atoms. The summed E-state index contributed by atoms with van der Waals surface area (Å²) in [4.78, 5) is -0.0594. The number of hydrogen-bond donors (Lipinski definition) is 2. The van der Waals surface area contributed by atoms with Gasteiger partial charge >= 0.3 is 6.18 Å². The van der Waals surface area contributed by atoms with Crippen molar-refractivity contribution in [2.75, 3.05) is 11.9 Å². The van der Waals surface area contributed by atoms with Crippen molar-refractivity contribution >= 4 is 15.7 Å². The summed E-state index contributed by atoms with van der Waals surface area (Å²) in [6, 6.07) is 5.56. The van der Waals surface area contributed by atoms with Crippen LogP contribution >= 0.6 is 0 Å². The molecule has 114 valence electrons. The second-order valence-electron chi connectivity index (χ2n) is 4.56. The van der Waals surface area contributed by atoms with Gasteiger partial charge in [-0.2, -0.15) is 13.2 Å². The van der Waals surface area contributed by atoms with Crippen LogP contribution in [-0.4, -0.2) is 27.2 Å². The van der Waals surface area contributed by atoms with Crippen LogP contribution in [0.15, 0.2) is 29.2 Å². The maximum absolute atomic E-state index is 12.1. The molecule has 2 N–H and O–H groups in total. The third-order valence-corrected chi connectivity index (χ3v) is 4.01. The van der Waals surface area contributed by atoms with Crippen LogP contribution in [-0.2, 0) is 10.0 Å². The second-order valence-corrected chi connectivity index (χ2v) is 6.25. The first-order chi connectivity index (χ1) is 9.12. The highest BCUT2D eigenvalue weighted by molar-refractivity contribution is 7.89. The molecule has 0 fully saturated rings. The lowest BCUT2D eigenvalue weighted by Gasteiger charge is -2.15. The van der Waals surface area contributed by atoms with Gasteiger partial charge in [-0.1, -0.05) is 12.1 Å². The number of sulfonamides is 1. The Morgan fingerprint density at radius 3 is 2.35 bits per heavy atom. The fourth-order valence-electron chi connectivity index (χ4n) is 1.56. The highest BCUT2D eigenvalue weighted by Gasteiger charge is 2.26. The van der Waals surface area contributed by atoms with Gasteiger partial charge in [0, 0.05) is 12.6 Å². The monoisotopic (exact) mass is 310 g/mol.